The summed E-state index contributed by atoms with van der Waals surface area (Å²) in [5, 5.41) is 12.6. The third-order valence-corrected chi connectivity index (χ3v) is 2.20. The molecule has 0 saturated heterocycles. The van der Waals surface area contributed by atoms with Crippen LogP contribution in [-0.4, -0.2) is 11.0 Å². The smallest absolute Gasteiger partial charge is 0.222 e. The van der Waals surface area contributed by atoms with Gasteiger partial charge in [-0.15, -0.1) is 0 Å². The monoisotopic (exact) mass is 207 g/mol. The Morgan fingerprint density at radius 2 is 2.00 bits per heavy atom. The molecule has 0 spiro atoms. The van der Waals surface area contributed by atoms with Crippen molar-refractivity contribution in [2.24, 2.45) is 0 Å². The molecule has 1 unspecified atom stereocenters. The maximum Gasteiger partial charge on any atom is 0.222 e. The summed E-state index contributed by atoms with van der Waals surface area (Å²) >= 11 is 0. The molecule has 0 heterocycles. The van der Waals surface area contributed by atoms with Gasteiger partial charge in [-0.05, 0) is 13.3 Å². The number of rotatable bonds is 4. The summed E-state index contributed by atoms with van der Waals surface area (Å²) in [5.41, 5.74) is -0.595. The molecule has 1 aromatic rings. The van der Waals surface area contributed by atoms with E-state index in [2.05, 4.69) is 5.32 Å². The summed E-state index contributed by atoms with van der Waals surface area (Å²) in [6, 6.07) is 9.09. The number of carbonyl (C=O) groups is 1. The molecular formula is C12H17NO2. The minimum Gasteiger partial charge on any atom is -0.367 e. The summed E-state index contributed by atoms with van der Waals surface area (Å²) in [6.45, 7) is 3.51. The fourth-order valence-corrected chi connectivity index (χ4v) is 1.40. The van der Waals surface area contributed by atoms with E-state index in [9.17, 15) is 9.90 Å². The highest BCUT2D eigenvalue weighted by Crippen LogP contribution is 2.16. The van der Waals surface area contributed by atoms with Gasteiger partial charge in [0.25, 0.3) is 0 Å². The van der Waals surface area contributed by atoms with Gasteiger partial charge >= 0.3 is 0 Å². The van der Waals surface area contributed by atoms with Crippen LogP contribution in [0.3, 0.4) is 0 Å². The fourth-order valence-electron chi connectivity index (χ4n) is 1.40. The Morgan fingerprint density at radius 1 is 1.40 bits per heavy atom. The lowest BCUT2D eigenvalue weighted by Gasteiger charge is -2.25. The minimum atomic E-state index is -1.28. The highest BCUT2D eigenvalue weighted by molar-refractivity contribution is 5.76. The average Bonchev–Trinajstić information content (AvgIpc) is 2.18. The van der Waals surface area contributed by atoms with Gasteiger partial charge in [-0.1, -0.05) is 37.3 Å². The van der Waals surface area contributed by atoms with Gasteiger partial charge in [0.05, 0.1) is 0 Å². The first kappa shape index (κ1) is 11.7. The Labute approximate surface area is 90.1 Å². The number of amides is 1. The lowest BCUT2D eigenvalue weighted by molar-refractivity contribution is -0.128. The third kappa shape index (κ3) is 3.36. The first-order valence-electron chi connectivity index (χ1n) is 5.15. The van der Waals surface area contributed by atoms with Crippen molar-refractivity contribution >= 4 is 5.91 Å². The van der Waals surface area contributed by atoms with Gasteiger partial charge in [-0.2, -0.15) is 0 Å². The molecule has 82 valence electrons. The predicted molar refractivity (Wildman–Crippen MR) is 59.1 cm³/mol. The summed E-state index contributed by atoms with van der Waals surface area (Å²) in [7, 11) is 0. The van der Waals surface area contributed by atoms with E-state index in [1.807, 2.05) is 25.1 Å². The van der Waals surface area contributed by atoms with E-state index in [4.69, 9.17) is 0 Å². The number of nitrogens with one attached hydrogen (secondary N) is 1. The van der Waals surface area contributed by atoms with Crippen molar-refractivity contribution in [1.29, 1.82) is 0 Å². The zero-order chi connectivity index (χ0) is 11.3. The summed E-state index contributed by atoms with van der Waals surface area (Å²) in [4.78, 5) is 11.4. The Bertz CT molecular complexity index is 320. The van der Waals surface area contributed by atoms with E-state index in [-0.39, 0.29) is 5.91 Å². The maximum atomic E-state index is 11.4. The second kappa shape index (κ2) is 4.94. The zero-order valence-corrected chi connectivity index (χ0v) is 9.16. The largest absolute Gasteiger partial charge is 0.367 e. The Morgan fingerprint density at radius 3 is 2.53 bits per heavy atom. The van der Waals surface area contributed by atoms with Crippen LogP contribution in [0.15, 0.2) is 30.3 Å². The van der Waals surface area contributed by atoms with Gasteiger partial charge in [0.15, 0.2) is 5.72 Å². The molecule has 0 saturated carbocycles. The zero-order valence-electron chi connectivity index (χ0n) is 9.16. The molecule has 1 aromatic carbocycles. The summed E-state index contributed by atoms with van der Waals surface area (Å²) < 4.78 is 0. The molecule has 0 bridgehead atoms. The highest BCUT2D eigenvalue weighted by atomic mass is 16.3. The fraction of sp³-hybridized carbons (Fsp3) is 0.417. The molecule has 1 rings (SSSR count). The molecule has 1 amide bonds. The van der Waals surface area contributed by atoms with Crippen LogP contribution in [0.25, 0.3) is 0 Å². The van der Waals surface area contributed by atoms with Crippen LogP contribution in [0.4, 0.5) is 0 Å². The Hall–Kier alpha value is -1.35. The van der Waals surface area contributed by atoms with E-state index >= 15 is 0 Å². The number of benzene rings is 1. The lowest BCUT2D eigenvalue weighted by Crippen LogP contribution is -2.43. The molecule has 0 aliphatic heterocycles. The van der Waals surface area contributed by atoms with E-state index in [0.717, 1.165) is 6.42 Å². The van der Waals surface area contributed by atoms with Crippen LogP contribution < -0.4 is 5.32 Å². The molecule has 15 heavy (non-hydrogen) atoms. The molecule has 0 aromatic heterocycles. The molecule has 3 heteroatoms. The third-order valence-electron chi connectivity index (χ3n) is 2.20. The molecular weight excluding hydrogens is 190 g/mol. The number of hydrogen-bond donors (Lipinski definition) is 2. The number of aliphatic hydroxyl groups is 1. The first-order chi connectivity index (χ1) is 7.06. The second-order valence-electron chi connectivity index (χ2n) is 3.74. The van der Waals surface area contributed by atoms with Crippen molar-refractivity contribution in [2.45, 2.75) is 32.4 Å². The van der Waals surface area contributed by atoms with E-state index in [1.54, 1.807) is 19.1 Å². The van der Waals surface area contributed by atoms with Gasteiger partial charge in [-0.3, -0.25) is 4.79 Å². The molecule has 0 radical (unpaired) electrons. The standard InChI is InChI=1S/C12H17NO2/c1-3-7-11(14)13-12(2,15)10-8-5-4-6-9-10/h4-6,8-9,15H,3,7H2,1-2H3,(H,13,14). The van der Waals surface area contributed by atoms with E-state index < -0.39 is 5.72 Å². The molecule has 2 N–H and O–H groups in total. The van der Waals surface area contributed by atoms with Gasteiger partial charge in [-0.25, -0.2) is 0 Å². The van der Waals surface area contributed by atoms with Crippen molar-refractivity contribution in [3.8, 4) is 0 Å². The van der Waals surface area contributed by atoms with Crippen LogP contribution in [0.1, 0.15) is 32.3 Å². The van der Waals surface area contributed by atoms with Crippen LogP contribution in [0.2, 0.25) is 0 Å². The topological polar surface area (TPSA) is 49.3 Å². The van der Waals surface area contributed by atoms with Crippen molar-refractivity contribution in [1.82, 2.24) is 5.32 Å². The average molecular weight is 207 g/mol. The van der Waals surface area contributed by atoms with Crippen molar-refractivity contribution in [3.63, 3.8) is 0 Å². The van der Waals surface area contributed by atoms with Gasteiger partial charge < -0.3 is 10.4 Å². The predicted octanol–water partition coefficient (Wildman–Crippen LogP) is 1.77. The van der Waals surface area contributed by atoms with Crippen LogP contribution in [0.5, 0.6) is 0 Å². The number of hydrogen-bond acceptors (Lipinski definition) is 2. The summed E-state index contributed by atoms with van der Waals surface area (Å²) in [6.07, 6.45) is 1.21. The van der Waals surface area contributed by atoms with Gasteiger partial charge in [0.2, 0.25) is 5.91 Å². The highest BCUT2D eigenvalue weighted by Gasteiger charge is 2.24. The molecule has 0 fully saturated rings. The molecule has 3 nitrogen and oxygen atoms in total. The first-order valence-corrected chi connectivity index (χ1v) is 5.15. The van der Waals surface area contributed by atoms with E-state index in [0.29, 0.717) is 12.0 Å². The lowest BCUT2D eigenvalue weighted by atomic mass is 10.0. The van der Waals surface area contributed by atoms with Crippen molar-refractivity contribution in [2.75, 3.05) is 0 Å². The SMILES string of the molecule is CCCC(=O)NC(C)(O)c1ccccc1. The van der Waals surface area contributed by atoms with Gasteiger partial charge in [0, 0.05) is 12.0 Å². The van der Waals surface area contributed by atoms with Crippen LogP contribution in [0, 0.1) is 0 Å². The quantitative estimate of drug-likeness (QED) is 0.739. The second-order valence-corrected chi connectivity index (χ2v) is 3.74. The van der Waals surface area contributed by atoms with Crippen LogP contribution in [-0.2, 0) is 10.5 Å². The molecule has 1 atom stereocenters. The van der Waals surface area contributed by atoms with Crippen molar-refractivity contribution < 1.29 is 9.90 Å². The minimum absolute atomic E-state index is 0.133. The Balaban J connectivity index is 2.71. The Kier molecular flexibility index (Phi) is 3.86. The molecule has 0 aliphatic carbocycles. The maximum absolute atomic E-state index is 11.4. The summed E-state index contributed by atoms with van der Waals surface area (Å²) in [5.74, 6) is -0.133. The van der Waals surface area contributed by atoms with E-state index in [1.165, 1.54) is 0 Å². The molecule has 0 aliphatic rings. The van der Waals surface area contributed by atoms with Gasteiger partial charge in [0.1, 0.15) is 0 Å². The van der Waals surface area contributed by atoms with Crippen LogP contribution >= 0.6 is 0 Å². The number of carbonyl (C=O) groups excluding carboxylic acids is 1. The van der Waals surface area contributed by atoms with Crippen molar-refractivity contribution in [3.05, 3.63) is 35.9 Å². The normalized spacial score (nSPS) is 14.3.